The summed E-state index contributed by atoms with van der Waals surface area (Å²) in [5.74, 6) is 0. The Balaban J connectivity index is 1.68. The zero-order valence-electron chi connectivity index (χ0n) is 19.5. The van der Waals surface area contributed by atoms with Crippen molar-refractivity contribution in [1.82, 2.24) is 0 Å². The van der Waals surface area contributed by atoms with Crippen molar-refractivity contribution in [2.75, 3.05) is 4.90 Å². The molecule has 1 aromatic heterocycles. The zero-order valence-corrected chi connectivity index (χ0v) is 20.3. The number of nitrogens with zero attached hydrogens (tertiary/aromatic N) is 1. The second-order valence-corrected chi connectivity index (χ2v) is 10.7. The Labute approximate surface area is 201 Å². The van der Waals surface area contributed by atoms with E-state index in [4.69, 9.17) is 0 Å². The fourth-order valence-electron chi connectivity index (χ4n) is 4.23. The van der Waals surface area contributed by atoms with Gasteiger partial charge in [0.2, 0.25) is 0 Å². The average molecular weight is 448 g/mol. The molecule has 0 aliphatic carbocycles. The normalized spacial score (nSPS) is 11.6. The second-order valence-electron chi connectivity index (χ2n) is 9.59. The molecule has 0 saturated carbocycles. The van der Waals surface area contributed by atoms with Crippen LogP contribution in [0.15, 0.2) is 109 Å². The largest absolute Gasteiger partial charge is 0.302 e. The maximum atomic E-state index is 2.41. The predicted molar refractivity (Wildman–Crippen MR) is 144 cm³/mol. The number of hydrogen-bond acceptors (Lipinski definition) is 2. The van der Waals surface area contributed by atoms with Crippen LogP contribution in [0.2, 0.25) is 0 Å². The first-order chi connectivity index (χ1) is 16.0. The quantitative estimate of drug-likeness (QED) is 0.259. The summed E-state index contributed by atoms with van der Waals surface area (Å²) in [6.07, 6.45) is 0.923. The minimum Gasteiger partial charge on any atom is -0.302 e. The van der Waals surface area contributed by atoms with Gasteiger partial charge in [-0.3, -0.25) is 0 Å². The molecule has 0 aliphatic heterocycles. The summed E-state index contributed by atoms with van der Waals surface area (Å²) in [4.78, 5) is 2.41. The Morgan fingerprint density at radius 1 is 0.636 bits per heavy atom. The highest BCUT2D eigenvalue weighted by Gasteiger charge is 2.20. The lowest BCUT2D eigenvalue weighted by Crippen LogP contribution is -2.15. The van der Waals surface area contributed by atoms with Crippen LogP contribution in [-0.4, -0.2) is 0 Å². The highest BCUT2D eigenvalue weighted by atomic mass is 32.1. The molecule has 1 nitrogen and oxygen atoms in total. The summed E-state index contributed by atoms with van der Waals surface area (Å²) >= 11 is 1.84. The molecular formula is C31H29NS. The molecule has 0 radical (unpaired) electrons. The van der Waals surface area contributed by atoms with E-state index in [1.165, 1.54) is 43.2 Å². The molecule has 5 rings (SSSR count). The third-order valence-electron chi connectivity index (χ3n) is 6.00. The summed E-state index contributed by atoms with van der Waals surface area (Å²) in [7, 11) is 0. The van der Waals surface area contributed by atoms with Gasteiger partial charge in [-0.2, -0.15) is 0 Å². The summed E-state index contributed by atoms with van der Waals surface area (Å²) in [5, 5.41) is 2.52. The van der Waals surface area contributed by atoms with E-state index in [9.17, 15) is 0 Å². The van der Waals surface area contributed by atoms with Crippen LogP contribution < -0.4 is 4.90 Å². The standard InChI is InChI=1S/C31H29NS/c1-31(2,3)26-19-24(18-23-12-6-4-7-13-23)20-28(22-26)32(27-15-8-5-9-16-27)30-21-25-14-10-11-17-29(25)33-30/h4-17,19-22H,18H2,1-3H3. The van der Waals surface area contributed by atoms with E-state index < -0.39 is 0 Å². The minimum absolute atomic E-state index is 0.0595. The van der Waals surface area contributed by atoms with Gasteiger partial charge in [0, 0.05) is 16.1 Å². The number of hydrogen-bond donors (Lipinski definition) is 0. The van der Waals surface area contributed by atoms with Crippen molar-refractivity contribution in [2.24, 2.45) is 0 Å². The smallest absolute Gasteiger partial charge is 0.101 e. The molecule has 2 heteroatoms. The Morgan fingerprint density at radius 2 is 1.30 bits per heavy atom. The van der Waals surface area contributed by atoms with Crippen LogP contribution in [0, 0.1) is 0 Å². The molecule has 0 saturated heterocycles. The first-order valence-electron chi connectivity index (χ1n) is 11.5. The predicted octanol–water partition coefficient (Wildman–Crippen LogP) is 9.26. The number of rotatable bonds is 5. The van der Waals surface area contributed by atoms with E-state index >= 15 is 0 Å². The van der Waals surface area contributed by atoms with Gasteiger partial charge in [0.05, 0.1) is 0 Å². The van der Waals surface area contributed by atoms with Crippen LogP contribution in [0.25, 0.3) is 10.1 Å². The van der Waals surface area contributed by atoms with E-state index in [0.717, 1.165) is 6.42 Å². The number of fused-ring (bicyclic) bond motifs is 1. The number of anilines is 3. The van der Waals surface area contributed by atoms with Crippen LogP contribution in [-0.2, 0) is 11.8 Å². The lowest BCUT2D eigenvalue weighted by Gasteiger charge is -2.28. The van der Waals surface area contributed by atoms with Crippen molar-refractivity contribution >= 4 is 37.8 Å². The van der Waals surface area contributed by atoms with Crippen LogP contribution in [0.5, 0.6) is 0 Å². The zero-order chi connectivity index (χ0) is 22.8. The van der Waals surface area contributed by atoms with Gasteiger partial charge >= 0.3 is 0 Å². The van der Waals surface area contributed by atoms with Crippen molar-refractivity contribution in [3.05, 3.63) is 126 Å². The van der Waals surface area contributed by atoms with Gasteiger partial charge in [-0.05, 0) is 70.3 Å². The monoisotopic (exact) mass is 447 g/mol. The Kier molecular flexibility index (Phi) is 5.78. The van der Waals surface area contributed by atoms with Crippen molar-refractivity contribution < 1.29 is 0 Å². The van der Waals surface area contributed by atoms with Crippen molar-refractivity contribution in [2.45, 2.75) is 32.6 Å². The maximum absolute atomic E-state index is 2.41. The minimum atomic E-state index is 0.0595. The third kappa shape index (κ3) is 4.72. The fourth-order valence-corrected chi connectivity index (χ4v) is 5.33. The Bertz CT molecular complexity index is 1330. The molecule has 0 aliphatic rings. The molecule has 0 amide bonds. The lowest BCUT2D eigenvalue weighted by atomic mass is 9.85. The molecule has 164 valence electrons. The van der Waals surface area contributed by atoms with E-state index in [0.29, 0.717) is 0 Å². The summed E-state index contributed by atoms with van der Waals surface area (Å²) in [6, 6.07) is 39.5. The van der Waals surface area contributed by atoms with Gasteiger partial charge in [0.15, 0.2) is 0 Å². The van der Waals surface area contributed by atoms with Gasteiger partial charge in [0.25, 0.3) is 0 Å². The highest BCUT2D eigenvalue weighted by Crippen LogP contribution is 2.43. The van der Waals surface area contributed by atoms with Crippen LogP contribution in [0.3, 0.4) is 0 Å². The van der Waals surface area contributed by atoms with Gasteiger partial charge in [-0.25, -0.2) is 0 Å². The molecular weight excluding hydrogens is 418 g/mol. The fraction of sp³-hybridized carbons (Fsp3) is 0.161. The van der Waals surface area contributed by atoms with Gasteiger partial charge < -0.3 is 4.90 Å². The van der Waals surface area contributed by atoms with Crippen LogP contribution >= 0.6 is 11.3 Å². The summed E-state index contributed by atoms with van der Waals surface area (Å²) in [6.45, 7) is 6.89. The number of benzene rings is 4. The maximum Gasteiger partial charge on any atom is 0.101 e. The van der Waals surface area contributed by atoms with Crippen LogP contribution in [0.4, 0.5) is 16.4 Å². The molecule has 5 aromatic rings. The summed E-state index contributed by atoms with van der Waals surface area (Å²) < 4.78 is 1.31. The molecule has 4 aromatic carbocycles. The van der Waals surface area contributed by atoms with E-state index in [1.54, 1.807) is 0 Å². The summed E-state index contributed by atoms with van der Waals surface area (Å²) in [5.41, 5.74) is 6.48. The van der Waals surface area contributed by atoms with Crippen molar-refractivity contribution in [3.8, 4) is 0 Å². The molecule has 0 fully saturated rings. The molecule has 0 unspecified atom stereocenters. The first kappa shape index (κ1) is 21.5. The third-order valence-corrected chi connectivity index (χ3v) is 7.10. The van der Waals surface area contributed by atoms with E-state index in [2.05, 4.69) is 135 Å². The molecule has 0 bridgehead atoms. The molecule has 1 heterocycles. The van der Waals surface area contributed by atoms with E-state index in [1.807, 2.05) is 11.3 Å². The van der Waals surface area contributed by atoms with Crippen molar-refractivity contribution in [3.63, 3.8) is 0 Å². The van der Waals surface area contributed by atoms with Gasteiger partial charge in [-0.1, -0.05) is 93.6 Å². The van der Waals surface area contributed by atoms with Crippen molar-refractivity contribution in [1.29, 1.82) is 0 Å². The highest BCUT2D eigenvalue weighted by molar-refractivity contribution is 7.23. The molecule has 0 atom stereocenters. The molecule has 33 heavy (non-hydrogen) atoms. The van der Waals surface area contributed by atoms with Crippen LogP contribution in [0.1, 0.15) is 37.5 Å². The number of para-hydroxylation sites is 1. The Morgan fingerprint density at radius 3 is 2.00 bits per heavy atom. The lowest BCUT2D eigenvalue weighted by molar-refractivity contribution is 0.589. The SMILES string of the molecule is CC(C)(C)c1cc(Cc2ccccc2)cc(N(c2ccccc2)c2cc3ccccc3s2)c1. The topological polar surface area (TPSA) is 3.24 Å². The van der Waals surface area contributed by atoms with E-state index in [-0.39, 0.29) is 5.41 Å². The second kappa shape index (κ2) is 8.88. The average Bonchev–Trinajstić information content (AvgIpc) is 3.23. The Hall–Kier alpha value is -3.36. The first-order valence-corrected chi connectivity index (χ1v) is 12.3. The molecule has 0 N–H and O–H groups in total. The molecule has 0 spiro atoms. The number of thiophene rings is 1. The van der Waals surface area contributed by atoms with Gasteiger partial charge in [-0.15, -0.1) is 11.3 Å². The van der Waals surface area contributed by atoms with Gasteiger partial charge in [0.1, 0.15) is 5.00 Å².